The standard InChI is InChI=1S/C10H16N2O2/c1-12-9(4-5-11-12)8-6-7(13)2-3-10(8)14/h4-5,7-8,10,13-14H,2-3,6H2,1H3. The molecule has 3 unspecified atom stereocenters. The van der Waals surface area contributed by atoms with E-state index in [1.54, 1.807) is 10.9 Å². The SMILES string of the molecule is Cn1nccc1C1CC(O)CCC1O. The number of nitrogens with zero attached hydrogens (tertiary/aromatic N) is 2. The van der Waals surface area contributed by atoms with Crippen molar-refractivity contribution < 1.29 is 10.2 Å². The van der Waals surface area contributed by atoms with Crippen molar-refractivity contribution in [3.8, 4) is 0 Å². The van der Waals surface area contributed by atoms with Crippen molar-refractivity contribution in [2.75, 3.05) is 0 Å². The van der Waals surface area contributed by atoms with Gasteiger partial charge in [0.2, 0.25) is 0 Å². The predicted octanol–water partition coefficient (Wildman–Crippen LogP) is 0.409. The van der Waals surface area contributed by atoms with Crippen LogP contribution >= 0.6 is 0 Å². The van der Waals surface area contributed by atoms with Gasteiger partial charge in [0.25, 0.3) is 0 Å². The molecule has 3 atom stereocenters. The molecule has 2 N–H and O–H groups in total. The smallest absolute Gasteiger partial charge is 0.0625 e. The molecule has 2 rings (SSSR count). The molecule has 0 aliphatic heterocycles. The van der Waals surface area contributed by atoms with E-state index in [-0.39, 0.29) is 18.1 Å². The van der Waals surface area contributed by atoms with E-state index in [1.165, 1.54) is 0 Å². The average Bonchev–Trinajstić information content (AvgIpc) is 2.56. The van der Waals surface area contributed by atoms with Crippen LogP contribution in [0.15, 0.2) is 12.3 Å². The van der Waals surface area contributed by atoms with Crippen molar-refractivity contribution in [1.82, 2.24) is 9.78 Å². The lowest BCUT2D eigenvalue weighted by molar-refractivity contribution is 0.0332. The second-order valence-electron chi connectivity index (χ2n) is 4.02. The van der Waals surface area contributed by atoms with Gasteiger partial charge < -0.3 is 10.2 Å². The molecule has 78 valence electrons. The number of hydrogen-bond acceptors (Lipinski definition) is 3. The van der Waals surface area contributed by atoms with Crippen molar-refractivity contribution in [2.24, 2.45) is 7.05 Å². The second kappa shape index (κ2) is 3.71. The fourth-order valence-electron chi connectivity index (χ4n) is 2.20. The van der Waals surface area contributed by atoms with Crippen LogP contribution in [-0.2, 0) is 7.05 Å². The van der Waals surface area contributed by atoms with E-state index < -0.39 is 0 Å². The fourth-order valence-corrected chi connectivity index (χ4v) is 2.20. The molecule has 1 saturated carbocycles. The highest BCUT2D eigenvalue weighted by atomic mass is 16.3. The lowest BCUT2D eigenvalue weighted by Gasteiger charge is -2.30. The van der Waals surface area contributed by atoms with Gasteiger partial charge in [-0.3, -0.25) is 4.68 Å². The number of aliphatic hydroxyl groups is 2. The van der Waals surface area contributed by atoms with Crippen molar-refractivity contribution in [3.05, 3.63) is 18.0 Å². The summed E-state index contributed by atoms with van der Waals surface area (Å²) < 4.78 is 1.77. The largest absolute Gasteiger partial charge is 0.393 e. The molecule has 1 aromatic rings. The van der Waals surface area contributed by atoms with Gasteiger partial charge in [-0.25, -0.2) is 0 Å². The number of aryl methyl sites for hydroxylation is 1. The topological polar surface area (TPSA) is 58.3 Å². The van der Waals surface area contributed by atoms with Gasteiger partial charge in [0, 0.05) is 24.9 Å². The maximum absolute atomic E-state index is 9.83. The molecule has 0 saturated heterocycles. The minimum absolute atomic E-state index is 0.0336. The van der Waals surface area contributed by atoms with E-state index in [9.17, 15) is 10.2 Å². The van der Waals surface area contributed by atoms with E-state index in [1.807, 2.05) is 13.1 Å². The van der Waals surface area contributed by atoms with Gasteiger partial charge in [-0.15, -0.1) is 0 Å². The normalized spacial score (nSPS) is 33.2. The van der Waals surface area contributed by atoms with Crippen LogP contribution in [0.3, 0.4) is 0 Å². The predicted molar refractivity (Wildman–Crippen MR) is 51.8 cm³/mol. The van der Waals surface area contributed by atoms with Gasteiger partial charge in [-0.05, 0) is 25.3 Å². The Hall–Kier alpha value is -0.870. The second-order valence-corrected chi connectivity index (χ2v) is 4.02. The van der Waals surface area contributed by atoms with Gasteiger partial charge >= 0.3 is 0 Å². The summed E-state index contributed by atoms with van der Waals surface area (Å²) in [4.78, 5) is 0. The number of rotatable bonds is 1. The van der Waals surface area contributed by atoms with Crippen molar-refractivity contribution in [3.63, 3.8) is 0 Å². The Morgan fingerprint density at radius 1 is 1.43 bits per heavy atom. The zero-order valence-corrected chi connectivity index (χ0v) is 8.30. The molecule has 0 bridgehead atoms. The van der Waals surface area contributed by atoms with E-state index in [4.69, 9.17) is 0 Å². The first-order valence-corrected chi connectivity index (χ1v) is 5.02. The Morgan fingerprint density at radius 2 is 2.21 bits per heavy atom. The molecule has 4 nitrogen and oxygen atoms in total. The third kappa shape index (κ3) is 1.67. The molecule has 1 aliphatic rings. The van der Waals surface area contributed by atoms with E-state index in [0.29, 0.717) is 19.3 Å². The first-order valence-electron chi connectivity index (χ1n) is 5.02. The molecule has 0 amide bonds. The molecule has 0 aromatic carbocycles. The van der Waals surface area contributed by atoms with Gasteiger partial charge in [0.15, 0.2) is 0 Å². The average molecular weight is 196 g/mol. The lowest BCUT2D eigenvalue weighted by Crippen LogP contribution is -2.31. The molecule has 4 heteroatoms. The summed E-state index contributed by atoms with van der Waals surface area (Å²) in [6, 6.07) is 1.91. The van der Waals surface area contributed by atoms with Gasteiger partial charge in [0.05, 0.1) is 12.2 Å². The highest BCUT2D eigenvalue weighted by Crippen LogP contribution is 2.32. The maximum Gasteiger partial charge on any atom is 0.0625 e. The summed E-state index contributed by atoms with van der Waals surface area (Å²) in [5, 5.41) is 23.5. The van der Waals surface area contributed by atoms with Gasteiger partial charge in [-0.1, -0.05) is 0 Å². The first kappa shape index (κ1) is 9.68. The fraction of sp³-hybridized carbons (Fsp3) is 0.700. The summed E-state index contributed by atoms with van der Waals surface area (Å²) in [6.07, 6.45) is 3.13. The molecule has 1 heterocycles. The molecule has 1 aromatic heterocycles. The van der Waals surface area contributed by atoms with Crippen molar-refractivity contribution >= 4 is 0 Å². The summed E-state index contributed by atoms with van der Waals surface area (Å²) in [6.45, 7) is 0. The van der Waals surface area contributed by atoms with Crippen LogP contribution in [0, 0.1) is 0 Å². The monoisotopic (exact) mass is 196 g/mol. The first-order chi connectivity index (χ1) is 6.68. The van der Waals surface area contributed by atoms with Gasteiger partial charge in [0.1, 0.15) is 0 Å². The molecular formula is C10H16N2O2. The van der Waals surface area contributed by atoms with Crippen LogP contribution in [-0.4, -0.2) is 32.2 Å². The lowest BCUT2D eigenvalue weighted by atomic mass is 9.82. The Kier molecular flexibility index (Phi) is 2.56. The molecule has 0 spiro atoms. The summed E-state index contributed by atoms with van der Waals surface area (Å²) in [5.41, 5.74) is 1.01. The van der Waals surface area contributed by atoms with Crippen LogP contribution < -0.4 is 0 Å². The molecule has 1 aliphatic carbocycles. The highest BCUT2D eigenvalue weighted by Gasteiger charge is 2.30. The third-order valence-corrected chi connectivity index (χ3v) is 3.02. The zero-order chi connectivity index (χ0) is 10.1. The van der Waals surface area contributed by atoms with E-state index in [2.05, 4.69) is 5.10 Å². The number of aromatic nitrogens is 2. The molecular weight excluding hydrogens is 180 g/mol. The quantitative estimate of drug-likeness (QED) is 0.684. The molecule has 0 radical (unpaired) electrons. The summed E-state index contributed by atoms with van der Waals surface area (Å²) in [7, 11) is 1.86. The highest BCUT2D eigenvalue weighted by molar-refractivity contribution is 5.11. The Balaban J connectivity index is 2.20. The van der Waals surface area contributed by atoms with Crippen LogP contribution in [0.25, 0.3) is 0 Å². The molecule has 1 fully saturated rings. The van der Waals surface area contributed by atoms with Crippen LogP contribution in [0.4, 0.5) is 0 Å². The van der Waals surface area contributed by atoms with E-state index in [0.717, 1.165) is 5.69 Å². The van der Waals surface area contributed by atoms with Crippen molar-refractivity contribution in [1.29, 1.82) is 0 Å². The minimum Gasteiger partial charge on any atom is -0.393 e. The maximum atomic E-state index is 9.83. The van der Waals surface area contributed by atoms with Gasteiger partial charge in [-0.2, -0.15) is 5.10 Å². The van der Waals surface area contributed by atoms with Crippen LogP contribution in [0.5, 0.6) is 0 Å². The molecule has 14 heavy (non-hydrogen) atoms. The summed E-state index contributed by atoms with van der Waals surface area (Å²) >= 11 is 0. The minimum atomic E-state index is -0.339. The van der Waals surface area contributed by atoms with E-state index >= 15 is 0 Å². The Bertz CT molecular complexity index is 311. The number of aliphatic hydroxyl groups excluding tert-OH is 2. The Morgan fingerprint density at radius 3 is 2.86 bits per heavy atom. The zero-order valence-electron chi connectivity index (χ0n) is 8.30. The summed E-state index contributed by atoms with van der Waals surface area (Å²) in [5.74, 6) is 0.0336. The third-order valence-electron chi connectivity index (χ3n) is 3.02. The Labute approximate surface area is 83.2 Å². The van der Waals surface area contributed by atoms with Crippen molar-refractivity contribution in [2.45, 2.75) is 37.4 Å². The van der Waals surface area contributed by atoms with Crippen LogP contribution in [0.1, 0.15) is 30.9 Å². The van der Waals surface area contributed by atoms with Crippen LogP contribution in [0.2, 0.25) is 0 Å². The number of hydrogen-bond donors (Lipinski definition) is 2.